The number of benzene rings is 1. The molecule has 92 valence electrons. The van der Waals surface area contributed by atoms with Gasteiger partial charge < -0.3 is 5.11 Å². The molecule has 0 aliphatic rings. The monoisotopic (exact) mass is 228 g/mol. The van der Waals surface area contributed by atoms with Crippen LogP contribution in [-0.2, 0) is 6.42 Å². The van der Waals surface area contributed by atoms with Gasteiger partial charge in [-0.3, -0.25) is 0 Å². The van der Waals surface area contributed by atoms with Crippen molar-refractivity contribution in [3.8, 4) is 5.75 Å². The van der Waals surface area contributed by atoms with Crippen LogP contribution in [0.25, 0.3) is 0 Å². The van der Waals surface area contributed by atoms with E-state index in [-0.39, 0.29) is 18.9 Å². The predicted molar refractivity (Wildman–Crippen MR) is 77.0 cm³/mol. The van der Waals surface area contributed by atoms with Gasteiger partial charge in [-0.2, -0.15) is 0 Å². The predicted octanol–water partition coefficient (Wildman–Crippen LogP) is 4.04. The van der Waals surface area contributed by atoms with Gasteiger partial charge in [-0.1, -0.05) is 57.6 Å². The Morgan fingerprint density at radius 3 is 1.94 bits per heavy atom. The van der Waals surface area contributed by atoms with Crippen LogP contribution in [-0.4, -0.2) is 24.0 Å². The summed E-state index contributed by atoms with van der Waals surface area (Å²) in [6.45, 7) is 2.25. The number of rotatable bonds is 8. The average molecular weight is 228 g/mol. The number of hydrogen-bond donors (Lipinski definition) is 1. The standard InChI is InChI=1S/C15H24O.Li.H/c1-2-3-4-5-6-7-8-9-14-10-12-15(16)13-11-14;;/h10-13,16H,2-9H2,1H3;;. The van der Waals surface area contributed by atoms with Crippen LogP contribution < -0.4 is 0 Å². The first kappa shape index (κ1) is 16.6. The molecule has 1 nitrogen and oxygen atoms in total. The minimum atomic E-state index is 0. The summed E-state index contributed by atoms with van der Waals surface area (Å²) < 4.78 is 0. The Kier molecular flexibility index (Phi) is 10.5. The van der Waals surface area contributed by atoms with Gasteiger partial charge in [-0.25, -0.2) is 0 Å². The number of unbranched alkanes of at least 4 members (excludes halogenated alkanes) is 6. The molecule has 0 fully saturated rings. The van der Waals surface area contributed by atoms with Crippen LogP contribution in [0, 0.1) is 0 Å². The maximum absolute atomic E-state index is 9.15. The van der Waals surface area contributed by atoms with E-state index in [0.717, 1.165) is 6.42 Å². The summed E-state index contributed by atoms with van der Waals surface area (Å²) in [5.41, 5.74) is 1.34. The Morgan fingerprint density at radius 2 is 1.35 bits per heavy atom. The molecule has 0 aliphatic heterocycles. The molecule has 2 heteroatoms. The van der Waals surface area contributed by atoms with Gasteiger partial charge in [0.15, 0.2) is 0 Å². The summed E-state index contributed by atoms with van der Waals surface area (Å²) in [5, 5.41) is 9.15. The van der Waals surface area contributed by atoms with Crippen LogP contribution in [0.5, 0.6) is 5.75 Å². The van der Waals surface area contributed by atoms with Gasteiger partial charge in [0, 0.05) is 0 Å². The van der Waals surface area contributed by atoms with Crippen LogP contribution in [0.1, 0.15) is 57.4 Å². The van der Waals surface area contributed by atoms with Crippen LogP contribution in [0.2, 0.25) is 0 Å². The van der Waals surface area contributed by atoms with E-state index in [1.807, 2.05) is 12.1 Å². The molecule has 0 aromatic heterocycles. The maximum atomic E-state index is 9.15. The van der Waals surface area contributed by atoms with Crippen LogP contribution in [0.15, 0.2) is 24.3 Å². The number of aromatic hydroxyl groups is 1. The summed E-state index contributed by atoms with van der Waals surface area (Å²) >= 11 is 0. The molecule has 1 rings (SSSR count). The Balaban J connectivity index is 0.00000256. The quantitative estimate of drug-likeness (QED) is 0.526. The molecule has 0 aliphatic carbocycles. The summed E-state index contributed by atoms with van der Waals surface area (Å²) in [5.74, 6) is 0.364. The summed E-state index contributed by atoms with van der Waals surface area (Å²) in [7, 11) is 0. The Bertz CT molecular complexity index is 269. The first-order valence-corrected chi connectivity index (χ1v) is 6.61. The Morgan fingerprint density at radius 1 is 0.824 bits per heavy atom. The number of aryl methyl sites for hydroxylation is 1. The van der Waals surface area contributed by atoms with Gasteiger partial charge in [-0.15, -0.1) is 0 Å². The van der Waals surface area contributed by atoms with Crippen LogP contribution in [0.3, 0.4) is 0 Å². The molecule has 1 N–H and O–H groups in total. The Labute approximate surface area is 118 Å². The number of phenols is 1. The Hall–Kier alpha value is -0.383. The van der Waals surface area contributed by atoms with Crippen molar-refractivity contribution >= 4 is 18.9 Å². The van der Waals surface area contributed by atoms with Gasteiger partial charge in [0.1, 0.15) is 5.75 Å². The van der Waals surface area contributed by atoms with Crippen molar-refractivity contribution < 1.29 is 5.11 Å². The second kappa shape index (κ2) is 10.8. The van der Waals surface area contributed by atoms with Crippen molar-refractivity contribution in [2.75, 3.05) is 0 Å². The third kappa shape index (κ3) is 8.36. The zero-order valence-corrected chi connectivity index (χ0v) is 10.4. The van der Waals surface area contributed by atoms with E-state index >= 15 is 0 Å². The fourth-order valence-electron chi connectivity index (χ4n) is 1.95. The molecule has 0 saturated carbocycles. The van der Waals surface area contributed by atoms with Crippen molar-refractivity contribution in [1.29, 1.82) is 0 Å². The molecule has 17 heavy (non-hydrogen) atoms. The second-order valence-electron chi connectivity index (χ2n) is 4.54. The summed E-state index contributed by atoms with van der Waals surface area (Å²) in [4.78, 5) is 0. The minimum absolute atomic E-state index is 0. The molecule has 1 aromatic rings. The molecular weight excluding hydrogens is 203 g/mol. The van der Waals surface area contributed by atoms with Gasteiger partial charge in [0.05, 0.1) is 0 Å². The number of hydrogen-bond acceptors (Lipinski definition) is 1. The van der Waals surface area contributed by atoms with Crippen molar-refractivity contribution in [3.05, 3.63) is 29.8 Å². The molecule has 0 saturated heterocycles. The molecule has 0 bridgehead atoms. The third-order valence-corrected chi connectivity index (χ3v) is 3.01. The van der Waals surface area contributed by atoms with E-state index in [1.54, 1.807) is 12.1 Å². The van der Waals surface area contributed by atoms with Crippen molar-refractivity contribution in [1.82, 2.24) is 0 Å². The topological polar surface area (TPSA) is 20.2 Å². The molecular formula is C15H25LiO. The normalized spacial score (nSPS) is 9.94. The first-order valence-electron chi connectivity index (χ1n) is 6.61. The van der Waals surface area contributed by atoms with E-state index in [9.17, 15) is 0 Å². The average Bonchev–Trinajstić information content (AvgIpc) is 2.30. The van der Waals surface area contributed by atoms with Gasteiger partial charge in [0.25, 0.3) is 0 Å². The molecule has 0 radical (unpaired) electrons. The van der Waals surface area contributed by atoms with E-state index in [4.69, 9.17) is 5.11 Å². The van der Waals surface area contributed by atoms with E-state index in [1.165, 1.54) is 50.5 Å². The first-order chi connectivity index (χ1) is 7.83. The van der Waals surface area contributed by atoms with Crippen LogP contribution >= 0.6 is 0 Å². The summed E-state index contributed by atoms with van der Waals surface area (Å²) in [6, 6.07) is 7.59. The second-order valence-corrected chi connectivity index (χ2v) is 4.54. The molecule has 0 unspecified atom stereocenters. The molecule has 1 aromatic carbocycles. The fourth-order valence-corrected chi connectivity index (χ4v) is 1.95. The number of phenolic OH excluding ortho intramolecular Hbond substituents is 1. The van der Waals surface area contributed by atoms with Crippen molar-refractivity contribution in [2.45, 2.75) is 58.3 Å². The zero-order chi connectivity index (χ0) is 11.6. The summed E-state index contributed by atoms with van der Waals surface area (Å²) in [6.07, 6.45) is 10.6. The SMILES string of the molecule is CCCCCCCCCc1ccc(O)cc1.[LiH]. The molecule has 0 amide bonds. The molecule has 0 heterocycles. The van der Waals surface area contributed by atoms with E-state index in [2.05, 4.69) is 6.92 Å². The van der Waals surface area contributed by atoms with Crippen molar-refractivity contribution in [3.63, 3.8) is 0 Å². The van der Waals surface area contributed by atoms with Crippen molar-refractivity contribution in [2.24, 2.45) is 0 Å². The van der Waals surface area contributed by atoms with Gasteiger partial charge in [-0.05, 0) is 30.5 Å². The zero-order valence-electron chi connectivity index (χ0n) is 10.4. The van der Waals surface area contributed by atoms with Gasteiger partial charge >= 0.3 is 18.9 Å². The van der Waals surface area contributed by atoms with E-state index < -0.39 is 0 Å². The molecule has 0 atom stereocenters. The van der Waals surface area contributed by atoms with Crippen LogP contribution in [0.4, 0.5) is 0 Å². The molecule has 0 spiro atoms. The van der Waals surface area contributed by atoms with Gasteiger partial charge in [0.2, 0.25) is 0 Å². The van der Waals surface area contributed by atoms with E-state index in [0.29, 0.717) is 5.75 Å². The fraction of sp³-hybridized carbons (Fsp3) is 0.600. The third-order valence-electron chi connectivity index (χ3n) is 3.01.